The maximum absolute atomic E-state index is 9.50. The van der Waals surface area contributed by atoms with Crippen LogP contribution in [0.25, 0.3) is 0 Å². The summed E-state index contributed by atoms with van der Waals surface area (Å²) in [5, 5.41) is 18.7. The minimum Gasteiger partial charge on any atom is -0.395 e. The second kappa shape index (κ2) is 7.39. The molecule has 0 aromatic heterocycles. The van der Waals surface area contributed by atoms with Crippen LogP contribution in [0.4, 0.5) is 5.69 Å². The van der Waals surface area contributed by atoms with Gasteiger partial charge in [0, 0.05) is 18.3 Å². The fraction of sp³-hybridized carbons (Fsp3) is 0.600. The maximum atomic E-state index is 9.50. The van der Waals surface area contributed by atoms with Crippen molar-refractivity contribution < 1.29 is 10.2 Å². The highest BCUT2D eigenvalue weighted by Gasteiger charge is 2.15. The molecule has 0 aliphatic carbocycles. The van der Waals surface area contributed by atoms with Gasteiger partial charge in [0.25, 0.3) is 0 Å². The molecule has 1 aromatic rings. The molecule has 0 saturated carbocycles. The molecule has 2 N–H and O–H groups in total. The van der Waals surface area contributed by atoms with Crippen molar-refractivity contribution in [2.75, 3.05) is 18.1 Å². The summed E-state index contributed by atoms with van der Waals surface area (Å²) < 4.78 is 0. The molecule has 0 spiro atoms. The minimum absolute atomic E-state index is 0.161. The number of aliphatic hydroxyl groups is 2. The molecule has 0 aliphatic heterocycles. The van der Waals surface area contributed by atoms with Gasteiger partial charge < -0.3 is 15.1 Å². The van der Waals surface area contributed by atoms with Gasteiger partial charge in [-0.25, -0.2) is 0 Å². The van der Waals surface area contributed by atoms with Gasteiger partial charge in [-0.2, -0.15) is 0 Å². The fourth-order valence-corrected chi connectivity index (χ4v) is 2.30. The highest BCUT2D eigenvalue weighted by atomic mass is 16.3. The van der Waals surface area contributed by atoms with Gasteiger partial charge in [0.05, 0.1) is 12.7 Å². The van der Waals surface area contributed by atoms with Crippen molar-refractivity contribution in [2.24, 2.45) is 0 Å². The lowest BCUT2D eigenvalue weighted by Crippen LogP contribution is -2.36. The lowest BCUT2D eigenvalue weighted by atomic mass is 10.1. The monoisotopic (exact) mass is 251 g/mol. The number of hydrogen-bond donors (Lipinski definition) is 2. The van der Waals surface area contributed by atoms with Crippen LogP contribution < -0.4 is 4.90 Å². The van der Waals surface area contributed by atoms with E-state index in [9.17, 15) is 10.2 Å². The fourth-order valence-electron chi connectivity index (χ4n) is 2.30. The normalized spacial score (nSPS) is 12.8. The van der Waals surface area contributed by atoms with E-state index in [0.717, 1.165) is 24.1 Å². The van der Waals surface area contributed by atoms with Crippen molar-refractivity contribution in [1.29, 1.82) is 0 Å². The van der Waals surface area contributed by atoms with E-state index in [-0.39, 0.29) is 6.61 Å². The third-order valence-electron chi connectivity index (χ3n) is 3.43. The number of hydrogen-bond acceptors (Lipinski definition) is 3. The van der Waals surface area contributed by atoms with E-state index in [2.05, 4.69) is 18.7 Å². The van der Waals surface area contributed by atoms with Crippen LogP contribution in [-0.4, -0.2) is 29.4 Å². The van der Waals surface area contributed by atoms with Crippen LogP contribution in [0.3, 0.4) is 0 Å². The minimum atomic E-state index is -0.432. The molecule has 1 atom stereocenters. The van der Waals surface area contributed by atoms with E-state index in [1.807, 2.05) is 24.3 Å². The molecule has 1 rings (SSSR count). The molecule has 0 heterocycles. The van der Waals surface area contributed by atoms with Gasteiger partial charge in [-0.3, -0.25) is 0 Å². The summed E-state index contributed by atoms with van der Waals surface area (Å²) >= 11 is 0. The Kier molecular flexibility index (Phi) is 6.16. The van der Waals surface area contributed by atoms with Gasteiger partial charge in [0.15, 0.2) is 0 Å². The highest BCUT2D eigenvalue weighted by Crippen LogP contribution is 2.22. The van der Waals surface area contributed by atoms with Crippen LogP contribution in [0.15, 0.2) is 24.3 Å². The highest BCUT2D eigenvalue weighted by molar-refractivity contribution is 5.48. The topological polar surface area (TPSA) is 43.7 Å². The van der Waals surface area contributed by atoms with Gasteiger partial charge >= 0.3 is 0 Å². The van der Waals surface area contributed by atoms with Gasteiger partial charge in [-0.1, -0.05) is 26.0 Å². The largest absolute Gasteiger partial charge is 0.395 e. The summed E-state index contributed by atoms with van der Waals surface area (Å²) in [5.74, 6) is 0. The van der Waals surface area contributed by atoms with E-state index in [1.54, 1.807) is 6.92 Å². The predicted octanol–water partition coefficient (Wildman–Crippen LogP) is 2.73. The maximum Gasteiger partial charge on any atom is 0.0761 e. The van der Waals surface area contributed by atoms with Gasteiger partial charge in [-0.05, 0) is 37.5 Å². The molecule has 0 bridgehead atoms. The first-order valence-electron chi connectivity index (χ1n) is 6.79. The van der Waals surface area contributed by atoms with E-state index < -0.39 is 6.10 Å². The van der Waals surface area contributed by atoms with Gasteiger partial charge in [0.2, 0.25) is 0 Å². The summed E-state index contributed by atoms with van der Waals surface area (Å²) in [4.78, 5) is 2.24. The Morgan fingerprint density at radius 2 is 1.67 bits per heavy atom. The molecule has 0 fully saturated rings. The third-order valence-corrected chi connectivity index (χ3v) is 3.43. The second-order valence-corrected chi connectivity index (χ2v) is 4.65. The molecule has 0 amide bonds. The number of anilines is 1. The van der Waals surface area contributed by atoms with Crippen molar-refractivity contribution in [3.8, 4) is 0 Å². The first-order valence-corrected chi connectivity index (χ1v) is 6.79. The van der Waals surface area contributed by atoms with E-state index in [0.29, 0.717) is 12.6 Å². The lowest BCUT2D eigenvalue weighted by Gasteiger charge is -2.32. The Morgan fingerprint density at radius 3 is 2.06 bits per heavy atom. The van der Waals surface area contributed by atoms with Crippen LogP contribution in [0.1, 0.15) is 45.3 Å². The van der Waals surface area contributed by atoms with Crippen LogP contribution in [0.5, 0.6) is 0 Å². The van der Waals surface area contributed by atoms with Crippen molar-refractivity contribution >= 4 is 5.69 Å². The first-order chi connectivity index (χ1) is 8.63. The predicted molar refractivity (Wildman–Crippen MR) is 75.9 cm³/mol. The standard InChI is InChI=1S/C15H25NO2/c1-4-14(5-2)16(10-11-17)15-8-6-13(7-9-15)12(3)18/h6-9,12,14,17-18H,4-5,10-11H2,1-3H3/t12-/m0/s1. The molecule has 3 heteroatoms. The summed E-state index contributed by atoms with van der Waals surface area (Å²) in [5.41, 5.74) is 2.04. The molecule has 0 unspecified atom stereocenters. The average molecular weight is 251 g/mol. The molecule has 18 heavy (non-hydrogen) atoms. The summed E-state index contributed by atoms with van der Waals surface area (Å²) in [6.45, 7) is 6.92. The van der Waals surface area contributed by atoms with Crippen LogP contribution in [-0.2, 0) is 0 Å². The Labute approximate surface area is 110 Å². The zero-order valence-electron chi connectivity index (χ0n) is 11.6. The second-order valence-electron chi connectivity index (χ2n) is 4.65. The molecular weight excluding hydrogens is 226 g/mol. The van der Waals surface area contributed by atoms with Crippen molar-refractivity contribution in [1.82, 2.24) is 0 Å². The number of benzene rings is 1. The Hall–Kier alpha value is -1.06. The first kappa shape index (κ1) is 15.0. The van der Waals surface area contributed by atoms with E-state index in [1.165, 1.54) is 0 Å². The summed E-state index contributed by atoms with van der Waals surface area (Å²) in [7, 11) is 0. The van der Waals surface area contributed by atoms with Crippen molar-refractivity contribution in [3.63, 3.8) is 0 Å². The number of aliphatic hydroxyl groups excluding tert-OH is 2. The number of rotatable bonds is 7. The molecule has 0 aliphatic rings. The molecule has 0 saturated heterocycles. The molecule has 3 nitrogen and oxygen atoms in total. The van der Waals surface area contributed by atoms with Crippen LogP contribution in [0.2, 0.25) is 0 Å². The third kappa shape index (κ3) is 3.72. The lowest BCUT2D eigenvalue weighted by molar-refractivity contribution is 0.199. The summed E-state index contributed by atoms with van der Waals surface area (Å²) in [6.07, 6.45) is 1.70. The molecule has 1 aromatic carbocycles. The SMILES string of the molecule is CCC(CC)N(CCO)c1ccc([C@H](C)O)cc1. The smallest absolute Gasteiger partial charge is 0.0761 e. The zero-order valence-corrected chi connectivity index (χ0v) is 11.6. The zero-order chi connectivity index (χ0) is 13.5. The van der Waals surface area contributed by atoms with E-state index >= 15 is 0 Å². The van der Waals surface area contributed by atoms with Crippen LogP contribution >= 0.6 is 0 Å². The quantitative estimate of drug-likeness (QED) is 0.783. The average Bonchev–Trinajstić information content (AvgIpc) is 2.39. The Bertz CT molecular complexity index is 331. The molecule has 102 valence electrons. The Morgan fingerprint density at radius 1 is 1.11 bits per heavy atom. The Balaban J connectivity index is 2.91. The van der Waals surface area contributed by atoms with Crippen molar-refractivity contribution in [2.45, 2.75) is 45.8 Å². The van der Waals surface area contributed by atoms with Crippen molar-refractivity contribution in [3.05, 3.63) is 29.8 Å². The van der Waals surface area contributed by atoms with Gasteiger partial charge in [0.1, 0.15) is 0 Å². The molecular formula is C15H25NO2. The number of nitrogens with zero attached hydrogens (tertiary/aromatic N) is 1. The van der Waals surface area contributed by atoms with Gasteiger partial charge in [-0.15, -0.1) is 0 Å². The summed E-state index contributed by atoms with van der Waals surface area (Å²) in [6, 6.07) is 8.40. The molecule has 0 radical (unpaired) electrons. The van der Waals surface area contributed by atoms with E-state index in [4.69, 9.17) is 0 Å². The van der Waals surface area contributed by atoms with Crippen LogP contribution in [0, 0.1) is 0 Å².